The van der Waals surface area contributed by atoms with Crippen LogP contribution in [-0.2, 0) is 4.79 Å². The van der Waals surface area contributed by atoms with Crippen molar-refractivity contribution in [3.8, 4) is 0 Å². The third kappa shape index (κ3) is 2.99. The zero-order valence-electron chi connectivity index (χ0n) is 12.4. The second-order valence-electron chi connectivity index (χ2n) is 6.82. The first-order chi connectivity index (χ1) is 9.31. The Morgan fingerprint density at radius 1 is 1.00 bits per heavy atom. The van der Waals surface area contributed by atoms with Gasteiger partial charge in [0.2, 0.25) is 5.91 Å². The molecule has 0 aromatic heterocycles. The van der Waals surface area contributed by atoms with Crippen molar-refractivity contribution in [2.24, 2.45) is 23.5 Å². The quantitative estimate of drug-likeness (QED) is 0.871. The van der Waals surface area contributed by atoms with E-state index in [1.54, 1.807) is 0 Å². The molecule has 0 bridgehead atoms. The van der Waals surface area contributed by atoms with Crippen LogP contribution in [0.3, 0.4) is 0 Å². The molecule has 1 unspecified atom stereocenters. The molecule has 0 spiro atoms. The predicted octanol–water partition coefficient (Wildman–Crippen LogP) is 2.96. The number of carbonyl (C=O) groups is 1. The molecule has 20 heavy (non-hydrogen) atoms. The number of likely N-dealkylation sites (tertiary alicyclic amines) is 1. The van der Waals surface area contributed by atoms with E-state index >= 15 is 0 Å². The van der Waals surface area contributed by atoms with Gasteiger partial charge in [-0.3, -0.25) is 4.79 Å². The summed E-state index contributed by atoms with van der Waals surface area (Å²) >= 11 is 0. The van der Waals surface area contributed by atoms with Crippen LogP contribution in [0.25, 0.3) is 0 Å². The summed E-state index contributed by atoms with van der Waals surface area (Å²) in [5.74, 6) is 1.94. The summed E-state index contributed by atoms with van der Waals surface area (Å²) in [4.78, 5) is 15.1. The maximum absolute atomic E-state index is 12.9. The van der Waals surface area contributed by atoms with Gasteiger partial charge in [-0.25, -0.2) is 0 Å². The fourth-order valence-electron chi connectivity index (χ4n) is 4.76. The molecule has 3 atom stereocenters. The third-order valence-electron chi connectivity index (χ3n) is 5.81. The number of hydrogen-bond donors (Lipinski definition) is 1. The predicted molar refractivity (Wildman–Crippen MR) is 83.8 cm³/mol. The lowest BCUT2D eigenvalue weighted by Gasteiger charge is -2.32. The van der Waals surface area contributed by atoms with Crippen LogP contribution in [0.15, 0.2) is 0 Å². The normalized spacial score (nSPS) is 34.5. The Morgan fingerprint density at radius 3 is 2.45 bits per heavy atom. The van der Waals surface area contributed by atoms with E-state index in [0.717, 1.165) is 25.3 Å². The first kappa shape index (κ1) is 16.1. The first-order valence-electron chi connectivity index (χ1n) is 8.32. The summed E-state index contributed by atoms with van der Waals surface area (Å²) in [6.45, 7) is 1.70. The van der Waals surface area contributed by atoms with Crippen LogP contribution < -0.4 is 5.73 Å². The summed E-state index contributed by atoms with van der Waals surface area (Å²) in [6.07, 6.45) is 11.3. The molecular formula is C16H29ClN2O. The number of nitrogens with zero attached hydrogens (tertiary/aromatic N) is 1. The maximum atomic E-state index is 12.9. The molecule has 2 N–H and O–H groups in total. The van der Waals surface area contributed by atoms with E-state index < -0.39 is 0 Å². The molecule has 2 aliphatic carbocycles. The van der Waals surface area contributed by atoms with Crippen molar-refractivity contribution in [3.05, 3.63) is 0 Å². The lowest BCUT2D eigenvalue weighted by atomic mass is 9.92. The molecule has 3 aliphatic rings. The number of rotatable bonds is 3. The van der Waals surface area contributed by atoms with Crippen LogP contribution in [0, 0.1) is 17.8 Å². The largest absolute Gasteiger partial charge is 0.339 e. The standard InChI is InChI=1S/C16H28N2O.ClH/c17-11-13-7-3-8-14(13)16(19)18-10-4-9-15(18)12-5-1-2-6-12;/h12-15H,1-11,17H2;1H/t13-,14-,15?;/m1./s1. The number of hydrogen-bond acceptors (Lipinski definition) is 2. The van der Waals surface area contributed by atoms with Crippen LogP contribution >= 0.6 is 12.4 Å². The van der Waals surface area contributed by atoms with Crippen molar-refractivity contribution in [2.75, 3.05) is 13.1 Å². The molecule has 0 aromatic carbocycles. The van der Waals surface area contributed by atoms with Gasteiger partial charge in [0.1, 0.15) is 0 Å². The van der Waals surface area contributed by atoms with Gasteiger partial charge in [0.15, 0.2) is 0 Å². The van der Waals surface area contributed by atoms with Crippen LogP contribution in [-0.4, -0.2) is 29.9 Å². The van der Waals surface area contributed by atoms with Crippen molar-refractivity contribution in [3.63, 3.8) is 0 Å². The molecular weight excluding hydrogens is 272 g/mol. The number of amides is 1. The average molecular weight is 301 g/mol. The summed E-state index contributed by atoms with van der Waals surface area (Å²) in [6, 6.07) is 0.564. The zero-order chi connectivity index (χ0) is 13.2. The molecule has 0 aromatic rings. The highest BCUT2D eigenvalue weighted by Crippen LogP contribution is 2.39. The van der Waals surface area contributed by atoms with Gasteiger partial charge < -0.3 is 10.6 Å². The van der Waals surface area contributed by atoms with Gasteiger partial charge in [0, 0.05) is 18.5 Å². The van der Waals surface area contributed by atoms with Crippen molar-refractivity contribution >= 4 is 18.3 Å². The van der Waals surface area contributed by atoms with E-state index in [9.17, 15) is 4.79 Å². The molecule has 3 fully saturated rings. The van der Waals surface area contributed by atoms with Crippen LogP contribution in [0.4, 0.5) is 0 Å². The minimum absolute atomic E-state index is 0. The van der Waals surface area contributed by atoms with Gasteiger partial charge in [-0.1, -0.05) is 19.3 Å². The highest BCUT2D eigenvalue weighted by molar-refractivity contribution is 5.85. The fraction of sp³-hybridized carbons (Fsp3) is 0.938. The van der Waals surface area contributed by atoms with Gasteiger partial charge in [0.05, 0.1) is 0 Å². The van der Waals surface area contributed by atoms with Crippen molar-refractivity contribution in [1.82, 2.24) is 4.90 Å². The van der Waals surface area contributed by atoms with E-state index in [2.05, 4.69) is 4.90 Å². The van der Waals surface area contributed by atoms with Crippen molar-refractivity contribution in [2.45, 2.75) is 63.8 Å². The van der Waals surface area contributed by atoms with Crippen LogP contribution in [0.2, 0.25) is 0 Å². The maximum Gasteiger partial charge on any atom is 0.226 e. The molecule has 0 radical (unpaired) electrons. The summed E-state index contributed by atoms with van der Waals surface area (Å²) < 4.78 is 0. The Hall–Kier alpha value is -0.280. The second kappa shape index (κ2) is 7.13. The van der Waals surface area contributed by atoms with Crippen molar-refractivity contribution in [1.29, 1.82) is 0 Å². The topological polar surface area (TPSA) is 46.3 Å². The van der Waals surface area contributed by atoms with E-state index in [1.165, 1.54) is 44.9 Å². The number of carbonyl (C=O) groups excluding carboxylic acids is 1. The molecule has 4 heteroatoms. The van der Waals surface area contributed by atoms with Gasteiger partial charge in [-0.05, 0) is 56.9 Å². The number of halogens is 1. The van der Waals surface area contributed by atoms with Gasteiger partial charge in [-0.15, -0.1) is 12.4 Å². The summed E-state index contributed by atoms with van der Waals surface area (Å²) in [5.41, 5.74) is 5.85. The zero-order valence-corrected chi connectivity index (χ0v) is 13.2. The third-order valence-corrected chi connectivity index (χ3v) is 5.81. The minimum Gasteiger partial charge on any atom is -0.339 e. The fourth-order valence-corrected chi connectivity index (χ4v) is 4.76. The Balaban J connectivity index is 0.00000147. The van der Waals surface area contributed by atoms with E-state index in [4.69, 9.17) is 5.73 Å². The van der Waals surface area contributed by atoms with Gasteiger partial charge in [-0.2, -0.15) is 0 Å². The van der Waals surface area contributed by atoms with Crippen molar-refractivity contribution < 1.29 is 4.79 Å². The monoisotopic (exact) mass is 300 g/mol. The SMILES string of the molecule is Cl.NC[C@H]1CCC[C@H]1C(=O)N1CCCC1C1CCCC1. The lowest BCUT2D eigenvalue weighted by molar-refractivity contribution is -0.138. The lowest BCUT2D eigenvalue weighted by Crippen LogP contribution is -2.44. The van der Waals surface area contributed by atoms with Gasteiger partial charge in [0.25, 0.3) is 0 Å². The van der Waals surface area contributed by atoms with E-state index in [-0.39, 0.29) is 18.3 Å². The minimum atomic E-state index is 0. The highest BCUT2D eigenvalue weighted by Gasteiger charge is 2.41. The molecule has 3 nitrogen and oxygen atoms in total. The van der Waals surface area contributed by atoms with E-state index in [0.29, 0.717) is 24.4 Å². The molecule has 3 rings (SSSR count). The van der Waals surface area contributed by atoms with Gasteiger partial charge >= 0.3 is 0 Å². The molecule has 2 saturated carbocycles. The average Bonchev–Trinajstić information content (AvgIpc) is 3.16. The first-order valence-corrected chi connectivity index (χ1v) is 8.32. The van der Waals surface area contributed by atoms with Crippen LogP contribution in [0.1, 0.15) is 57.8 Å². The Morgan fingerprint density at radius 2 is 1.75 bits per heavy atom. The number of nitrogens with two attached hydrogens (primary N) is 1. The Bertz CT molecular complexity index is 330. The molecule has 116 valence electrons. The molecule has 1 heterocycles. The summed E-state index contributed by atoms with van der Waals surface area (Å²) in [7, 11) is 0. The smallest absolute Gasteiger partial charge is 0.226 e. The molecule has 1 saturated heterocycles. The highest BCUT2D eigenvalue weighted by atomic mass is 35.5. The van der Waals surface area contributed by atoms with Crippen LogP contribution in [0.5, 0.6) is 0 Å². The van der Waals surface area contributed by atoms with E-state index in [1.807, 2.05) is 0 Å². The Kier molecular flexibility index (Phi) is 5.74. The summed E-state index contributed by atoms with van der Waals surface area (Å²) in [5, 5.41) is 0. The molecule has 1 aliphatic heterocycles. The molecule has 1 amide bonds. The second-order valence-corrected chi connectivity index (χ2v) is 6.82. The Labute approximate surface area is 129 Å².